The van der Waals surface area contributed by atoms with Crippen molar-refractivity contribution in [2.24, 2.45) is 0 Å². The van der Waals surface area contributed by atoms with Crippen LogP contribution in [0.2, 0.25) is 0 Å². The standard InChI is InChI=1S/C28H59N.H3O4P/c1-6-9-12-14-16-18-20-23-26-28(29(4)5,25-22-11-8-3)27-24-21-19-17-15-13-10-7-2;1-5(2,3)4/h6-27H2,1-5H3;(H3,1,2,3,4). The zero-order valence-electron chi connectivity index (χ0n) is 23.7. The first-order valence-electron chi connectivity index (χ1n) is 14.6. The number of rotatable bonds is 23. The molecular formula is C28H62NO4P. The molecule has 0 aliphatic rings. The number of hydrogen-bond donors (Lipinski definition) is 3. The van der Waals surface area contributed by atoms with Gasteiger partial charge in [0.05, 0.1) is 0 Å². The van der Waals surface area contributed by atoms with Crippen LogP contribution in [0, 0.1) is 0 Å². The third-order valence-electron chi connectivity index (χ3n) is 7.19. The quantitative estimate of drug-likeness (QED) is 0.0949. The molecule has 208 valence electrons. The molecular weight excluding hydrogens is 445 g/mol. The average molecular weight is 508 g/mol. The van der Waals surface area contributed by atoms with Crippen LogP contribution in [0.4, 0.5) is 0 Å². The Labute approximate surface area is 213 Å². The van der Waals surface area contributed by atoms with Gasteiger partial charge in [-0.15, -0.1) is 0 Å². The molecule has 0 bridgehead atoms. The van der Waals surface area contributed by atoms with Crippen molar-refractivity contribution in [2.45, 2.75) is 168 Å². The predicted molar refractivity (Wildman–Crippen MR) is 149 cm³/mol. The van der Waals surface area contributed by atoms with Crippen LogP contribution in [-0.4, -0.2) is 39.2 Å². The van der Waals surface area contributed by atoms with Gasteiger partial charge in [-0.05, 0) is 33.4 Å². The molecule has 0 heterocycles. The van der Waals surface area contributed by atoms with Gasteiger partial charge in [0.1, 0.15) is 0 Å². The van der Waals surface area contributed by atoms with E-state index in [1.165, 1.54) is 141 Å². The van der Waals surface area contributed by atoms with Gasteiger partial charge in [-0.2, -0.15) is 0 Å². The molecule has 5 nitrogen and oxygen atoms in total. The van der Waals surface area contributed by atoms with Crippen molar-refractivity contribution in [1.29, 1.82) is 0 Å². The molecule has 0 aromatic rings. The molecule has 6 heteroatoms. The Morgan fingerprint density at radius 3 is 0.971 bits per heavy atom. The summed E-state index contributed by atoms with van der Waals surface area (Å²) in [6.45, 7) is 6.96. The Kier molecular flexibility index (Phi) is 26.4. The van der Waals surface area contributed by atoms with Gasteiger partial charge in [-0.1, -0.05) is 143 Å². The van der Waals surface area contributed by atoms with Gasteiger partial charge in [-0.3, -0.25) is 0 Å². The summed E-state index contributed by atoms with van der Waals surface area (Å²) >= 11 is 0. The van der Waals surface area contributed by atoms with Gasteiger partial charge < -0.3 is 19.6 Å². The molecule has 0 fully saturated rings. The van der Waals surface area contributed by atoms with E-state index in [4.69, 9.17) is 19.2 Å². The highest BCUT2D eigenvalue weighted by molar-refractivity contribution is 7.45. The van der Waals surface area contributed by atoms with Crippen LogP contribution in [0.5, 0.6) is 0 Å². The van der Waals surface area contributed by atoms with Gasteiger partial charge in [0.2, 0.25) is 0 Å². The van der Waals surface area contributed by atoms with Crippen molar-refractivity contribution in [1.82, 2.24) is 4.90 Å². The molecule has 0 amide bonds. The van der Waals surface area contributed by atoms with E-state index >= 15 is 0 Å². The number of unbranched alkanes of at least 4 members (excludes halogenated alkanes) is 16. The summed E-state index contributed by atoms with van der Waals surface area (Å²) in [5.41, 5.74) is 0.472. The lowest BCUT2D eigenvalue weighted by molar-refractivity contribution is 0.104. The SMILES string of the molecule is CCCCCCCCCCC(CCCCC)(CCCCCCCCCC)N(C)C.O=P(O)(O)O. The van der Waals surface area contributed by atoms with Gasteiger partial charge >= 0.3 is 7.82 Å². The second-order valence-electron chi connectivity index (χ2n) is 10.5. The summed E-state index contributed by atoms with van der Waals surface area (Å²) in [6, 6.07) is 0. The Hall–Kier alpha value is 0.0700. The molecule has 0 atom stereocenters. The fraction of sp³-hybridized carbons (Fsp3) is 1.00. The fourth-order valence-electron chi connectivity index (χ4n) is 4.93. The Morgan fingerprint density at radius 2 is 0.706 bits per heavy atom. The zero-order chi connectivity index (χ0) is 26.1. The van der Waals surface area contributed by atoms with Crippen molar-refractivity contribution < 1.29 is 19.2 Å². The summed E-state index contributed by atoms with van der Waals surface area (Å²) in [5, 5.41) is 0. The Bertz CT molecular complexity index is 425. The average Bonchev–Trinajstić information content (AvgIpc) is 2.75. The Balaban J connectivity index is 0. The molecule has 0 saturated carbocycles. The van der Waals surface area contributed by atoms with E-state index in [1.54, 1.807) is 0 Å². The van der Waals surface area contributed by atoms with E-state index < -0.39 is 7.82 Å². The summed E-state index contributed by atoms with van der Waals surface area (Å²) < 4.78 is 8.88. The van der Waals surface area contributed by atoms with Crippen molar-refractivity contribution in [3.63, 3.8) is 0 Å². The molecule has 0 aliphatic carbocycles. The van der Waals surface area contributed by atoms with Crippen molar-refractivity contribution in [3.8, 4) is 0 Å². The van der Waals surface area contributed by atoms with E-state index in [-0.39, 0.29) is 0 Å². The summed E-state index contributed by atoms with van der Waals surface area (Å²) in [4.78, 5) is 24.2. The molecule has 34 heavy (non-hydrogen) atoms. The summed E-state index contributed by atoms with van der Waals surface area (Å²) in [7, 11) is 0.0862. The third-order valence-corrected chi connectivity index (χ3v) is 7.19. The van der Waals surface area contributed by atoms with E-state index in [2.05, 4.69) is 39.8 Å². The number of hydrogen-bond acceptors (Lipinski definition) is 2. The molecule has 0 spiro atoms. The molecule has 3 N–H and O–H groups in total. The smallest absolute Gasteiger partial charge is 0.304 e. The van der Waals surface area contributed by atoms with E-state index in [0.29, 0.717) is 5.54 Å². The van der Waals surface area contributed by atoms with Crippen LogP contribution in [-0.2, 0) is 4.57 Å². The van der Waals surface area contributed by atoms with Crippen LogP contribution < -0.4 is 0 Å². The first kappa shape index (κ1) is 36.2. The van der Waals surface area contributed by atoms with E-state index in [9.17, 15) is 0 Å². The van der Waals surface area contributed by atoms with Crippen LogP contribution in [0.3, 0.4) is 0 Å². The second kappa shape index (κ2) is 24.8. The lowest BCUT2D eigenvalue weighted by Crippen LogP contribution is -2.44. The lowest BCUT2D eigenvalue weighted by Gasteiger charge is -2.41. The second-order valence-corrected chi connectivity index (χ2v) is 11.6. The van der Waals surface area contributed by atoms with Crippen molar-refractivity contribution >= 4 is 7.82 Å². The molecule has 0 unspecified atom stereocenters. The molecule has 0 aliphatic heterocycles. The predicted octanol–water partition coefficient (Wildman–Crippen LogP) is 9.00. The van der Waals surface area contributed by atoms with Crippen LogP contribution in [0.1, 0.15) is 162 Å². The largest absolute Gasteiger partial charge is 0.466 e. The van der Waals surface area contributed by atoms with Gasteiger partial charge in [0.25, 0.3) is 0 Å². The van der Waals surface area contributed by atoms with Crippen LogP contribution in [0.15, 0.2) is 0 Å². The topological polar surface area (TPSA) is 81.0 Å². The molecule has 0 saturated heterocycles. The maximum absolute atomic E-state index is 8.88. The van der Waals surface area contributed by atoms with Gasteiger partial charge in [0, 0.05) is 5.54 Å². The fourth-order valence-corrected chi connectivity index (χ4v) is 4.93. The first-order chi connectivity index (χ1) is 16.1. The maximum atomic E-state index is 8.88. The normalized spacial score (nSPS) is 12.1. The van der Waals surface area contributed by atoms with Crippen molar-refractivity contribution in [3.05, 3.63) is 0 Å². The zero-order valence-corrected chi connectivity index (χ0v) is 24.6. The first-order valence-corrected chi connectivity index (χ1v) is 16.1. The van der Waals surface area contributed by atoms with E-state index in [0.717, 1.165) is 0 Å². The minimum atomic E-state index is -4.64. The third kappa shape index (κ3) is 26.7. The molecule has 0 aromatic carbocycles. The highest BCUT2D eigenvalue weighted by Gasteiger charge is 2.30. The summed E-state index contributed by atoms with van der Waals surface area (Å²) in [5.74, 6) is 0. The number of nitrogens with zero attached hydrogens (tertiary/aromatic N) is 1. The number of phosphoric acid groups is 1. The Morgan fingerprint density at radius 1 is 0.500 bits per heavy atom. The molecule has 0 aromatic heterocycles. The maximum Gasteiger partial charge on any atom is 0.466 e. The van der Waals surface area contributed by atoms with Crippen LogP contribution >= 0.6 is 7.82 Å². The van der Waals surface area contributed by atoms with Crippen molar-refractivity contribution in [2.75, 3.05) is 14.1 Å². The molecule has 0 radical (unpaired) electrons. The minimum absolute atomic E-state index is 0.472. The van der Waals surface area contributed by atoms with E-state index in [1.807, 2.05) is 0 Å². The minimum Gasteiger partial charge on any atom is -0.304 e. The van der Waals surface area contributed by atoms with Gasteiger partial charge in [0.15, 0.2) is 0 Å². The van der Waals surface area contributed by atoms with Crippen LogP contribution in [0.25, 0.3) is 0 Å². The monoisotopic (exact) mass is 507 g/mol. The highest BCUT2D eigenvalue weighted by atomic mass is 31.2. The van der Waals surface area contributed by atoms with Gasteiger partial charge in [-0.25, -0.2) is 4.57 Å². The molecule has 0 rings (SSSR count). The summed E-state index contributed by atoms with van der Waals surface area (Å²) in [6.07, 6.45) is 31.5. The highest BCUT2D eigenvalue weighted by Crippen LogP contribution is 2.33. The lowest BCUT2D eigenvalue weighted by atomic mass is 9.80.